The van der Waals surface area contributed by atoms with Crippen molar-refractivity contribution in [3.05, 3.63) is 66.0 Å². The monoisotopic (exact) mass is 351 g/mol. The molecule has 5 nitrogen and oxygen atoms in total. The number of ether oxygens (including phenoxy) is 2. The van der Waals surface area contributed by atoms with Gasteiger partial charge in [0.2, 0.25) is 0 Å². The van der Waals surface area contributed by atoms with Gasteiger partial charge < -0.3 is 9.47 Å². The number of carbonyl (C=O) groups is 2. The SMILES string of the molecule is O=C(OCc1ccccc1)C1CC(OC(=O)[C@@H]2C[C@H]2c2cccnc2)C1. The standard InChI is InChI=1S/C21H21NO4/c23-20(25-13-14-5-2-1-3-6-14)16-9-17(10-16)26-21(24)19-11-18(19)15-7-4-8-22-12-15/h1-8,12,16-19H,9-11,13H2/t16?,17?,18-,19+/m0/s1. The Labute approximate surface area is 152 Å². The molecule has 26 heavy (non-hydrogen) atoms. The zero-order valence-corrected chi connectivity index (χ0v) is 14.4. The Morgan fingerprint density at radius 1 is 1.00 bits per heavy atom. The van der Waals surface area contributed by atoms with Crippen molar-refractivity contribution in [2.75, 3.05) is 0 Å². The summed E-state index contributed by atoms with van der Waals surface area (Å²) in [5, 5.41) is 0. The molecule has 2 saturated carbocycles. The lowest BCUT2D eigenvalue weighted by atomic mass is 9.82. The van der Waals surface area contributed by atoms with Gasteiger partial charge in [-0.25, -0.2) is 0 Å². The molecule has 2 aromatic rings. The van der Waals surface area contributed by atoms with E-state index in [4.69, 9.17) is 9.47 Å². The zero-order chi connectivity index (χ0) is 17.9. The van der Waals surface area contributed by atoms with Crippen LogP contribution in [-0.2, 0) is 25.7 Å². The van der Waals surface area contributed by atoms with Crippen molar-refractivity contribution in [1.29, 1.82) is 0 Å². The third-order valence-electron chi connectivity index (χ3n) is 5.14. The normalized spacial score (nSPS) is 26.5. The molecule has 0 radical (unpaired) electrons. The van der Waals surface area contributed by atoms with Gasteiger partial charge in [-0.15, -0.1) is 0 Å². The van der Waals surface area contributed by atoms with Crippen LogP contribution in [0, 0.1) is 11.8 Å². The topological polar surface area (TPSA) is 65.5 Å². The number of nitrogens with zero attached hydrogens (tertiary/aromatic N) is 1. The van der Waals surface area contributed by atoms with Gasteiger partial charge in [-0.2, -0.15) is 0 Å². The second kappa shape index (κ2) is 7.28. The highest BCUT2D eigenvalue weighted by molar-refractivity contribution is 5.78. The van der Waals surface area contributed by atoms with Gasteiger partial charge in [0.25, 0.3) is 0 Å². The van der Waals surface area contributed by atoms with Gasteiger partial charge in [0, 0.05) is 12.4 Å². The average Bonchev–Trinajstić information content (AvgIpc) is 3.45. The summed E-state index contributed by atoms with van der Waals surface area (Å²) in [6.45, 7) is 0.287. The number of hydrogen-bond acceptors (Lipinski definition) is 5. The van der Waals surface area contributed by atoms with E-state index >= 15 is 0 Å². The van der Waals surface area contributed by atoms with Crippen molar-refractivity contribution in [3.8, 4) is 0 Å². The maximum absolute atomic E-state index is 12.2. The van der Waals surface area contributed by atoms with Crippen LogP contribution >= 0.6 is 0 Å². The largest absolute Gasteiger partial charge is 0.462 e. The van der Waals surface area contributed by atoms with Crippen LogP contribution in [0.1, 0.15) is 36.3 Å². The van der Waals surface area contributed by atoms with E-state index in [1.54, 1.807) is 12.4 Å². The molecule has 0 amide bonds. The Morgan fingerprint density at radius 2 is 1.81 bits per heavy atom. The Bertz CT molecular complexity index is 771. The Hall–Kier alpha value is -2.69. The fourth-order valence-corrected chi connectivity index (χ4v) is 3.37. The first-order valence-electron chi connectivity index (χ1n) is 9.01. The Morgan fingerprint density at radius 3 is 2.54 bits per heavy atom. The van der Waals surface area contributed by atoms with Gasteiger partial charge in [-0.1, -0.05) is 36.4 Å². The summed E-state index contributed by atoms with van der Waals surface area (Å²) in [6.07, 6.45) is 5.31. The highest BCUT2D eigenvalue weighted by Crippen LogP contribution is 2.48. The van der Waals surface area contributed by atoms with Gasteiger partial charge in [-0.3, -0.25) is 14.6 Å². The molecule has 1 aromatic heterocycles. The van der Waals surface area contributed by atoms with E-state index in [9.17, 15) is 9.59 Å². The minimum Gasteiger partial charge on any atom is -0.462 e. The van der Waals surface area contributed by atoms with Crippen molar-refractivity contribution in [2.45, 2.75) is 37.9 Å². The first-order valence-corrected chi connectivity index (χ1v) is 9.01. The molecule has 0 unspecified atom stereocenters. The molecular weight excluding hydrogens is 330 g/mol. The highest BCUT2D eigenvalue weighted by atomic mass is 16.6. The quantitative estimate of drug-likeness (QED) is 0.748. The first kappa shape index (κ1) is 16.8. The molecule has 0 saturated heterocycles. The van der Waals surface area contributed by atoms with Crippen LogP contribution in [0.5, 0.6) is 0 Å². The van der Waals surface area contributed by atoms with E-state index in [0.29, 0.717) is 12.8 Å². The highest BCUT2D eigenvalue weighted by Gasteiger charge is 2.47. The second-order valence-electron chi connectivity index (χ2n) is 7.06. The van der Waals surface area contributed by atoms with Crippen molar-refractivity contribution in [3.63, 3.8) is 0 Å². The number of hydrogen-bond donors (Lipinski definition) is 0. The predicted octanol–water partition coefficient (Wildman–Crippen LogP) is 3.25. The van der Waals surface area contributed by atoms with E-state index in [1.165, 1.54) is 0 Å². The molecule has 0 bridgehead atoms. The van der Waals surface area contributed by atoms with Crippen LogP contribution in [0.25, 0.3) is 0 Å². The summed E-state index contributed by atoms with van der Waals surface area (Å²) in [7, 11) is 0. The minimum atomic E-state index is -0.208. The number of esters is 2. The number of rotatable bonds is 6. The van der Waals surface area contributed by atoms with E-state index in [1.807, 2.05) is 42.5 Å². The minimum absolute atomic E-state index is 0.0664. The molecule has 4 rings (SSSR count). The summed E-state index contributed by atoms with van der Waals surface area (Å²) >= 11 is 0. The smallest absolute Gasteiger partial charge is 0.309 e. The fraction of sp³-hybridized carbons (Fsp3) is 0.381. The van der Waals surface area contributed by atoms with E-state index in [-0.39, 0.29) is 42.4 Å². The lowest BCUT2D eigenvalue weighted by Gasteiger charge is -2.33. The van der Waals surface area contributed by atoms with Crippen LogP contribution in [0.3, 0.4) is 0 Å². The molecule has 2 aliphatic rings. The number of benzene rings is 1. The summed E-state index contributed by atoms with van der Waals surface area (Å²) < 4.78 is 10.9. The van der Waals surface area contributed by atoms with E-state index in [2.05, 4.69) is 4.98 Å². The third-order valence-corrected chi connectivity index (χ3v) is 5.14. The van der Waals surface area contributed by atoms with Crippen molar-refractivity contribution in [1.82, 2.24) is 4.98 Å². The molecule has 0 N–H and O–H groups in total. The maximum atomic E-state index is 12.2. The summed E-state index contributed by atoms with van der Waals surface area (Å²) in [6, 6.07) is 13.5. The molecule has 1 heterocycles. The fourth-order valence-electron chi connectivity index (χ4n) is 3.37. The molecular formula is C21H21NO4. The molecule has 2 fully saturated rings. The predicted molar refractivity (Wildman–Crippen MR) is 93.9 cm³/mol. The summed E-state index contributed by atoms with van der Waals surface area (Å²) in [4.78, 5) is 28.4. The van der Waals surface area contributed by atoms with Gasteiger partial charge in [0.1, 0.15) is 12.7 Å². The van der Waals surface area contributed by atoms with Crippen LogP contribution in [0.4, 0.5) is 0 Å². The Balaban J connectivity index is 1.17. The van der Waals surface area contributed by atoms with Crippen LogP contribution in [-0.4, -0.2) is 23.0 Å². The first-order chi connectivity index (χ1) is 12.7. The lowest BCUT2D eigenvalue weighted by Crippen LogP contribution is -2.38. The van der Waals surface area contributed by atoms with Crippen molar-refractivity contribution in [2.24, 2.45) is 11.8 Å². The lowest BCUT2D eigenvalue weighted by molar-refractivity contribution is -0.169. The van der Waals surface area contributed by atoms with Crippen molar-refractivity contribution < 1.29 is 19.1 Å². The van der Waals surface area contributed by atoms with E-state index in [0.717, 1.165) is 17.5 Å². The van der Waals surface area contributed by atoms with Gasteiger partial charge >= 0.3 is 11.9 Å². The molecule has 1 aromatic carbocycles. The van der Waals surface area contributed by atoms with Gasteiger partial charge in [0.15, 0.2) is 0 Å². The molecule has 2 aliphatic carbocycles. The molecule has 2 atom stereocenters. The molecule has 0 spiro atoms. The van der Waals surface area contributed by atoms with Crippen LogP contribution < -0.4 is 0 Å². The third kappa shape index (κ3) is 3.77. The average molecular weight is 351 g/mol. The number of aromatic nitrogens is 1. The van der Waals surface area contributed by atoms with Gasteiger partial charge in [-0.05, 0) is 42.4 Å². The molecule has 5 heteroatoms. The van der Waals surface area contributed by atoms with Crippen LogP contribution in [0.15, 0.2) is 54.9 Å². The molecule has 134 valence electrons. The van der Waals surface area contributed by atoms with Crippen molar-refractivity contribution >= 4 is 11.9 Å². The van der Waals surface area contributed by atoms with Crippen LogP contribution in [0.2, 0.25) is 0 Å². The maximum Gasteiger partial charge on any atom is 0.309 e. The zero-order valence-electron chi connectivity index (χ0n) is 14.4. The second-order valence-corrected chi connectivity index (χ2v) is 7.06. The summed E-state index contributed by atoms with van der Waals surface area (Å²) in [5.41, 5.74) is 2.06. The van der Waals surface area contributed by atoms with Gasteiger partial charge in [0.05, 0.1) is 11.8 Å². The van der Waals surface area contributed by atoms with E-state index < -0.39 is 0 Å². The molecule has 0 aliphatic heterocycles. The number of carbonyl (C=O) groups excluding carboxylic acids is 2. The summed E-state index contributed by atoms with van der Waals surface area (Å²) in [5.74, 6) is -0.364. The Kier molecular flexibility index (Phi) is 4.69. The number of pyridine rings is 1.